The number of amidine groups is 1. The van der Waals surface area contributed by atoms with Gasteiger partial charge in [0, 0.05) is 13.2 Å². The van der Waals surface area contributed by atoms with Crippen LogP contribution in [0.1, 0.15) is 18.2 Å². The lowest BCUT2D eigenvalue weighted by Gasteiger charge is -1.93. The Kier molecular flexibility index (Phi) is 1.94. The summed E-state index contributed by atoms with van der Waals surface area (Å²) in [5.74, 6) is 0.0925. The fraction of sp³-hybridized carbons (Fsp3) is 0.429. The van der Waals surface area contributed by atoms with Crippen LogP contribution in [-0.2, 0) is 13.5 Å². The van der Waals surface area contributed by atoms with Crippen molar-refractivity contribution in [2.75, 3.05) is 0 Å². The van der Waals surface area contributed by atoms with E-state index in [-0.39, 0.29) is 5.84 Å². The number of nitrogen functional groups attached to an aromatic ring is 1. The molecule has 0 bridgehead atoms. The maximum absolute atomic E-state index is 7.22. The van der Waals surface area contributed by atoms with E-state index in [0.29, 0.717) is 0 Å². The van der Waals surface area contributed by atoms with Crippen LogP contribution in [-0.4, -0.2) is 15.6 Å². The molecule has 11 heavy (non-hydrogen) atoms. The summed E-state index contributed by atoms with van der Waals surface area (Å²) in [4.78, 5) is 0. The molecule has 0 aliphatic carbocycles. The third-order valence-corrected chi connectivity index (χ3v) is 1.53. The average molecular weight is 152 g/mol. The highest BCUT2D eigenvalue weighted by molar-refractivity contribution is 5.95. The van der Waals surface area contributed by atoms with Crippen molar-refractivity contribution in [3.8, 4) is 0 Å². The smallest absolute Gasteiger partial charge is 0.126 e. The summed E-state index contributed by atoms with van der Waals surface area (Å²) in [5.41, 5.74) is 6.97. The average Bonchev–Trinajstić information content (AvgIpc) is 2.30. The number of nitrogens with two attached hydrogens (primary N) is 1. The van der Waals surface area contributed by atoms with Crippen molar-refractivity contribution in [1.29, 1.82) is 5.41 Å². The maximum atomic E-state index is 7.22. The molecule has 0 atom stereocenters. The summed E-state index contributed by atoms with van der Waals surface area (Å²) in [6, 6.07) is 0. The summed E-state index contributed by atoms with van der Waals surface area (Å²) in [5, 5.41) is 11.4. The number of hydrogen-bond donors (Lipinski definition) is 2. The van der Waals surface area contributed by atoms with Gasteiger partial charge in [0.15, 0.2) is 0 Å². The van der Waals surface area contributed by atoms with Crippen molar-refractivity contribution in [3.63, 3.8) is 0 Å². The third kappa shape index (κ3) is 1.39. The number of aromatic nitrogens is 2. The van der Waals surface area contributed by atoms with Gasteiger partial charge in [-0.3, -0.25) is 10.1 Å². The molecule has 1 heterocycles. The van der Waals surface area contributed by atoms with Crippen LogP contribution in [0.2, 0.25) is 0 Å². The zero-order chi connectivity index (χ0) is 8.43. The Morgan fingerprint density at radius 2 is 2.45 bits per heavy atom. The van der Waals surface area contributed by atoms with E-state index in [1.165, 1.54) is 0 Å². The van der Waals surface area contributed by atoms with Gasteiger partial charge in [0.05, 0.1) is 11.3 Å². The number of nitrogens with one attached hydrogen (secondary N) is 1. The first-order chi connectivity index (χ1) is 5.15. The van der Waals surface area contributed by atoms with E-state index in [2.05, 4.69) is 5.10 Å². The molecule has 1 rings (SSSR count). The van der Waals surface area contributed by atoms with Gasteiger partial charge in [0.25, 0.3) is 0 Å². The van der Waals surface area contributed by atoms with E-state index in [1.54, 1.807) is 10.9 Å². The summed E-state index contributed by atoms with van der Waals surface area (Å²) in [6.45, 7) is 1.99. The van der Waals surface area contributed by atoms with Crippen molar-refractivity contribution >= 4 is 5.84 Å². The number of hydrogen-bond acceptors (Lipinski definition) is 2. The van der Waals surface area contributed by atoms with E-state index in [1.807, 2.05) is 14.0 Å². The second-order valence-corrected chi connectivity index (χ2v) is 2.43. The molecule has 60 valence electrons. The summed E-state index contributed by atoms with van der Waals surface area (Å²) in [7, 11) is 1.82. The molecule has 0 saturated heterocycles. The van der Waals surface area contributed by atoms with Gasteiger partial charge in [-0.2, -0.15) is 5.10 Å². The third-order valence-electron chi connectivity index (χ3n) is 1.53. The molecule has 0 unspecified atom stereocenters. The molecule has 0 aliphatic rings. The summed E-state index contributed by atoms with van der Waals surface area (Å²) < 4.78 is 1.68. The first-order valence-electron chi connectivity index (χ1n) is 3.52. The van der Waals surface area contributed by atoms with E-state index in [0.717, 1.165) is 17.7 Å². The highest BCUT2D eigenvalue weighted by atomic mass is 15.3. The molecule has 0 amide bonds. The lowest BCUT2D eigenvalue weighted by Crippen LogP contribution is -2.12. The Labute approximate surface area is 65.5 Å². The van der Waals surface area contributed by atoms with Crippen molar-refractivity contribution in [2.45, 2.75) is 13.3 Å². The highest BCUT2D eigenvalue weighted by Crippen LogP contribution is 2.04. The molecule has 3 N–H and O–H groups in total. The van der Waals surface area contributed by atoms with Gasteiger partial charge in [-0.05, 0) is 6.42 Å². The second kappa shape index (κ2) is 2.74. The predicted molar refractivity (Wildman–Crippen MR) is 43.6 cm³/mol. The molecule has 0 aromatic carbocycles. The molecule has 0 saturated carbocycles. The fourth-order valence-electron chi connectivity index (χ4n) is 1.02. The van der Waals surface area contributed by atoms with Gasteiger partial charge in [-0.15, -0.1) is 0 Å². The van der Waals surface area contributed by atoms with Gasteiger partial charge >= 0.3 is 0 Å². The summed E-state index contributed by atoms with van der Waals surface area (Å²) in [6.07, 6.45) is 2.58. The molecule has 4 heteroatoms. The van der Waals surface area contributed by atoms with Crippen LogP contribution in [0.3, 0.4) is 0 Å². The van der Waals surface area contributed by atoms with Crippen molar-refractivity contribution in [1.82, 2.24) is 9.78 Å². The fourth-order valence-corrected chi connectivity index (χ4v) is 1.02. The lowest BCUT2D eigenvalue weighted by molar-refractivity contribution is 0.746. The van der Waals surface area contributed by atoms with Crippen LogP contribution in [0.5, 0.6) is 0 Å². The normalized spacial score (nSPS) is 10.0. The van der Waals surface area contributed by atoms with Crippen LogP contribution in [0.15, 0.2) is 6.20 Å². The summed E-state index contributed by atoms with van der Waals surface area (Å²) >= 11 is 0. The molecule has 0 radical (unpaired) electrons. The van der Waals surface area contributed by atoms with Gasteiger partial charge in [0.2, 0.25) is 0 Å². The largest absolute Gasteiger partial charge is 0.384 e. The number of rotatable bonds is 2. The van der Waals surface area contributed by atoms with Crippen molar-refractivity contribution in [2.24, 2.45) is 12.8 Å². The zero-order valence-electron chi connectivity index (χ0n) is 6.76. The zero-order valence-corrected chi connectivity index (χ0v) is 6.76. The van der Waals surface area contributed by atoms with Crippen molar-refractivity contribution in [3.05, 3.63) is 17.5 Å². The van der Waals surface area contributed by atoms with Gasteiger partial charge in [-0.25, -0.2) is 0 Å². The van der Waals surface area contributed by atoms with Gasteiger partial charge < -0.3 is 5.73 Å². The minimum atomic E-state index is 0.0925. The first kappa shape index (κ1) is 7.78. The quantitative estimate of drug-likeness (QED) is 0.471. The van der Waals surface area contributed by atoms with Crippen LogP contribution in [0, 0.1) is 5.41 Å². The van der Waals surface area contributed by atoms with Crippen LogP contribution in [0.4, 0.5) is 0 Å². The topological polar surface area (TPSA) is 67.7 Å². The monoisotopic (exact) mass is 152 g/mol. The molecular formula is C7H12N4. The van der Waals surface area contributed by atoms with Gasteiger partial charge in [-0.1, -0.05) is 6.92 Å². The second-order valence-electron chi connectivity index (χ2n) is 2.43. The standard InChI is InChI=1S/C7H12N4/c1-3-6-5(7(8)9)4-11(2)10-6/h4H,3H2,1-2H3,(H3,8,9). The van der Waals surface area contributed by atoms with Crippen LogP contribution >= 0.6 is 0 Å². The highest BCUT2D eigenvalue weighted by Gasteiger charge is 2.06. The van der Waals surface area contributed by atoms with Crippen molar-refractivity contribution < 1.29 is 0 Å². The Bertz CT molecular complexity index is 274. The number of aryl methyl sites for hydroxylation is 2. The molecular weight excluding hydrogens is 140 g/mol. The molecule has 4 nitrogen and oxygen atoms in total. The Morgan fingerprint density at radius 3 is 2.82 bits per heavy atom. The minimum absolute atomic E-state index is 0.0925. The predicted octanol–water partition coefficient (Wildman–Crippen LogP) is 0.267. The maximum Gasteiger partial charge on any atom is 0.126 e. The molecule has 0 aliphatic heterocycles. The Morgan fingerprint density at radius 1 is 1.82 bits per heavy atom. The van der Waals surface area contributed by atoms with Gasteiger partial charge in [0.1, 0.15) is 5.84 Å². The Hall–Kier alpha value is -1.32. The van der Waals surface area contributed by atoms with E-state index in [9.17, 15) is 0 Å². The molecule has 1 aromatic heterocycles. The first-order valence-corrected chi connectivity index (χ1v) is 3.52. The molecule has 0 fully saturated rings. The van der Waals surface area contributed by atoms with Crippen LogP contribution < -0.4 is 5.73 Å². The van der Waals surface area contributed by atoms with Crippen LogP contribution in [0.25, 0.3) is 0 Å². The molecule has 1 aromatic rings. The van der Waals surface area contributed by atoms with E-state index in [4.69, 9.17) is 11.1 Å². The minimum Gasteiger partial charge on any atom is -0.384 e. The van der Waals surface area contributed by atoms with E-state index < -0.39 is 0 Å². The van der Waals surface area contributed by atoms with E-state index >= 15 is 0 Å². The lowest BCUT2D eigenvalue weighted by atomic mass is 10.2. The SMILES string of the molecule is CCc1nn(C)cc1C(=N)N. The Balaban J connectivity index is 3.12. The molecule has 0 spiro atoms. The number of nitrogens with zero attached hydrogens (tertiary/aromatic N) is 2.